The predicted molar refractivity (Wildman–Crippen MR) is 71.5 cm³/mol. The summed E-state index contributed by atoms with van der Waals surface area (Å²) in [5.74, 6) is 0.626. The van der Waals surface area contributed by atoms with Gasteiger partial charge in [0, 0.05) is 0 Å². The lowest BCUT2D eigenvalue weighted by Crippen LogP contribution is -2.06. The molecule has 0 aromatic carbocycles. The molecule has 80 valence electrons. The first-order chi connectivity index (χ1) is 5.99. The third-order valence-corrected chi connectivity index (χ3v) is 3.52. The van der Waals surface area contributed by atoms with Crippen molar-refractivity contribution in [2.45, 2.75) is 39.5 Å². The van der Waals surface area contributed by atoms with Gasteiger partial charge in [-0.15, -0.1) is 24.5 Å². The van der Waals surface area contributed by atoms with Crippen molar-refractivity contribution in [2.75, 3.05) is 6.61 Å². The van der Waals surface area contributed by atoms with Crippen LogP contribution in [0.5, 0.6) is 0 Å². The zero-order chi connectivity index (χ0) is 10.3. The van der Waals surface area contributed by atoms with Gasteiger partial charge >= 0.3 is 0 Å². The summed E-state index contributed by atoms with van der Waals surface area (Å²) in [5, 5.41) is 0. The third kappa shape index (κ3) is 9.61. The fraction of sp³-hybridized carbons (Fsp3) is 1.00. The molecule has 5 heteroatoms. The van der Waals surface area contributed by atoms with E-state index in [-0.39, 0.29) is 0 Å². The fourth-order valence-electron chi connectivity index (χ4n) is 1.10. The molecule has 1 unspecified atom stereocenters. The van der Waals surface area contributed by atoms with Crippen molar-refractivity contribution >= 4 is 41.0 Å². The van der Waals surface area contributed by atoms with E-state index in [9.17, 15) is 0 Å². The van der Waals surface area contributed by atoms with Crippen LogP contribution in [0.1, 0.15) is 39.5 Å². The summed E-state index contributed by atoms with van der Waals surface area (Å²) in [4.78, 5) is 0. The second-order valence-corrected chi connectivity index (χ2v) is 11.9. The highest BCUT2D eigenvalue weighted by atomic mass is 33.2. The Morgan fingerprint density at radius 1 is 1.38 bits per heavy atom. The summed E-state index contributed by atoms with van der Waals surface area (Å²) in [7, 11) is 0. The van der Waals surface area contributed by atoms with E-state index in [4.69, 9.17) is 16.3 Å². The molecule has 13 heavy (non-hydrogen) atoms. The van der Waals surface area contributed by atoms with Crippen LogP contribution in [0.2, 0.25) is 0 Å². The molecule has 0 N–H and O–H groups in total. The van der Waals surface area contributed by atoms with Gasteiger partial charge in [0.15, 0.2) is 4.67 Å². The lowest BCUT2D eigenvalue weighted by Gasteiger charge is -2.17. The van der Waals surface area contributed by atoms with Gasteiger partial charge in [-0.2, -0.15) is 0 Å². The Balaban J connectivity index is 3.65. The van der Waals surface area contributed by atoms with Gasteiger partial charge in [-0.1, -0.05) is 33.1 Å². The smallest absolute Gasteiger partial charge is 0.168 e. The Morgan fingerprint density at radius 3 is 2.38 bits per heavy atom. The normalized spacial score (nSPS) is 14.5. The van der Waals surface area contributed by atoms with Crippen molar-refractivity contribution in [3.63, 3.8) is 0 Å². The molecule has 0 heterocycles. The van der Waals surface area contributed by atoms with Crippen LogP contribution < -0.4 is 0 Å². The molecule has 0 radical (unpaired) electrons. The molecule has 0 fully saturated rings. The van der Waals surface area contributed by atoms with Crippen molar-refractivity contribution in [2.24, 2.45) is 5.92 Å². The molecule has 0 aliphatic carbocycles. The maximum Gasteiger partial charge on any atom is 0.168 e. The maximum absolute atomic E-state index is 5.43. The Morgan fingerprint density at radius 2 is 2.00 bits per heavy atom. The third-order valence-electron chi connectivity index (χ3n) is 2.02. The van der Waals surface area contributed by atoms with Gasteiger partial charge in [0.05, 0.1) is 6.61 Å². The molecule has 0 aromatic heterocycles. The molecule has 0 bridgehead atoms. The Kier molecular flexibility index (Phi) is 8.35. The molecular weight excluding hydrogens is 239 g/mol. The molecule has 0 rings (SSSR count). The van der Waals surface area contributed by atoms with Gasteiger partial charge in [0.1, 0.15) is 0 Å². The van der Waals surface area contributed by atoms with Crippen LogP contribution in [0.4, 0.5) is 0 Å². The Bertz CT molecular complexity index is 169. The second-order valence-electron chi connectivity index (χ2n) is 3.20. The van der Waals surface area contributed by atoms with E-state index in [1.54, 1.807) is 0 Å². The van der Waals surface area contributed by atoms with E-state index in [2.05, 4.69) is 38.3 Å². The molecule has 0 aromatic rings. The van der Waals surface area contributed by atoms with Gasteiger partial charge in [-0.05, 0) is 24.1 Å². The lowest BCUT2D eigenvalue weighted by molar-refractivity contribution is 0.261. The average Bonchev–Trinajstić information content (AvgIpc) is 2.03. The molecule has 0 amide bonds. The monoisotopic (exact) mass is 258 g/mol. The van der Waals surface area contributed by atoms with Crippen LogP contribution in [0.25, 0.3) is 0 Å². The maximum atomic E-state index is 5.43. The Hall–Kier alpha value is 1.31. The Labute approximate surface area is 97.4 Å². The minimum atomic E-state index is -2.04. The number of thiol groups is 2. The van der Waals surface area contributed by atoms with Gasteiger partial charge < -0.3 is 4.52 Å². The largest absolute Gasteiger partial charge is 0.334 e. The minimum Gasteiger partial charge on any atom is -0.334 e. The van der Waals surface area contributed by atoms with Crippen LogP contribution >= 0.6 is 29.2 Å². The lowest BCUT2D eigenvalue weighted by atomic mass is 10.0. The first kappa shape index (κ1) is 14.3. The summed E-state index contributed by atoms with van der Waals surface area (Å²) < 4.78 is 3.39. The quantitative estimate of drug-likeness (QED) is 0.520. The topological polar surface area (TPSA) is 9.23 Å². The molecule has 0 aliphatic heterocycles. The van der Waals surface area contributed by atoms with E-state index >= 15 is 0 Å². The van der Waals surface area contributed by atoms with Crippen molar-refractivity contribution < 1.29 is 4.52 Å². The van der Waals surface area contributed by atoms with Crippen molar-refractivity contribution in [3.8, 4) is 0 Å². The van der Waals surface area contributed by atoms with E-state index in [1.807, 2.05) is 0 Å². The van der Waals surface area contributed by atoms with Crippen molar-refractivity contribution in [1.82, 2.24) is 0 Å². The average molecular weight is 258 g/mol. The van der Waals surface area contributed by atoms with Crippen LogP contribution in [0.15, 0.2) is 0 Å². The highest BCUT2D eigenvalue weighted by Crippen LogP contribution is 2.57. The highest BCUT2D eigenvalue weighted by molar-refractivity contribution is 8.90. The molecular formula is C8H19OPS3. The van der Waals surface area contributed by atoms with Crippen molar-refractivity contribution in [3.05, 3.63) is 0 Å². The fourth-order valence-corrected chi connectivity index (χ4v) is 2.09. The molecule has 0 spiro atoms. The molecule has 1 atom stereocenters. The first-order valence-corrected chi connectivity index (χ1v) is 9.72. The van der Waals surface area contributed by atoms with Gasteiger partial charge in [-0.25, -0.2) is 0 Å². The summed E-state index contributed by atoms with van der Waals surface area (Å²) in [6.45, 7) is 5.11. The molecule has 0 saturated carbocycles. The van der Waals surface area contributed by atoms with Crippen LogP contribution in [-0.2, 0) is 16.3 Å². The number of hydrogen-bond acceptors (Lipinski definition) is 2. The number of rotatable bonds is 7. The van der Waals surface area contributed by atoms with Crippen molar-refractivity contribution in [1.29, 1.82) is 0 Å². The summed E-state index contributed by atoms with van der Waals surface area (Å²) in [6, 6.07) is 0. The summed E-state index contributed by atoms with van der Waals surface area (Å²) in [5.41, 5.74) is 0. The standard InChI is InChI=1S/C8H19OPS3/c1-3-5-6-8(4-2)7-9-10(11,12)13/h8H,3-7H2,1-2H3,(H2,11,12,13). The van der Waals surface area contributed by atoms with Gasteiger partial charge in [0.2, 0.25) is 0 Å². The van der Waals surface area contributed by atoms with Gasteiger partial charge in [-0.3, -0.25) is 0 Å². The van der Waals surface area contributed by atoms with E-state index < -0.39 is 4.67 Å². The van der Waals surface area contributed by atoms with E-state index in [0.717, 1.165) is 13.0 Å². The SMILES string of the molecule is CCCCC(CC)COP(=S)(S)S. The van der Waals surface area contributed by atoms with Crippen LogP contribution in [0, 0.1) is 5.92 Å². The highest BCUT2D eigenvalue weighted by Gasteiger charge is 2.10. The minimum absolute atomic E-state index is 0.626. The summed E-state index contributed by atoms with van der Waals surface area (Å²) >= 11 is 13.2. The number of unbranched alkanes of at least 4 members (excludes halogenated alkanes) is 1. The van der Waals surface area contributed by atoms with E-state index in [0.29, 0.717) is 5.92 Å². The van der Waals surface area contributed by atoms with Crippen LogP contribution in [0.3, 0.4) is 0 Å². The summed E-state index contributed by atoms with van der Waals surface area (Å²) in [6.07, 6.45) is 4.89. The predicted octanol–water partition coefficient (Wildman–Crippen LogP) is 4.30. The zero-order valence-corrected chi connectivity index (χ0v) is 11.8. The number of hydrogen-bond donors (Lipinski definition) is 2. The second kappa shape index (κ2) is 7.58. The van der Waals surface area contributed by atoms with Crippen LogP contribution in [-0.4, -0.2) is 6.61 Å². The first-order valence-electron chi connectivity index (χ1n) is 4.69. The molecule has 1 nitrogen and oxygen atoms in total. The van der Waals surface area contributed by atoms with E-state index in [1.165, 1.54) is 19.3 Å². The molecule has 0 saturated heterocycles. The molecule has 0 aliphatic rings. The zero-order valence-electron chi connectivity index (χ0n) is 8.27. The van der Waals surface area contributed by atoms with Gasteiger partial charge in [0.25, 0.3) is 0 Å².